The molecule has 3 nitrogen and oxygen atoms in total. The van der Waals surface area contributed by atoms with Gasteiger partial charge in [-0.05, 0) is 25.1 Å². The average molecular weight is 254 g/mol. The second kappa shape index (κ2) is 4.47. The zero-order chi connectivity index (χ0) is 12.6. The van der Waals surface area contributed by atoms with Gasteiger partial charge < -0.3 is 10.3 Å². The van der Waals surface area contributed by atoms with E-state index in [0.717, 1.165) is 11.5 Å². The topological polar surface area (TPSA) is 43.8 Å². The van der Waals surface area contributed by atoms with Gasteiger partial charge in [0.1, 0.15) is 11.6 Å². The minimum atomic E-state index is -0.334. The molecule has 1 aromatic carbocycles. The molecule has 0 aliphatic rings. The Bertz CT molecular complexity index is 563. The molecule has 0 bridgehead atoms. The number of rotatable bonds is 2. The van der Waals surface area contributed by atoms with Crippen molar-refractivity contribution in [1.82, 2.24) is 9.55 Å². The fraction of sp³-hybridized carbons (Fsp3) is 0.250. The first kappa shape index (κ1) is 12.1. The third-order valence-corrected chi connectivity index (χ3v) is 3.08. The summed E-state index contributed by atoms with van der Waals surface area (Å²) in [6.07, 6.45) is 0. The highest BCUT2D eigenvalue weighted by Gasteiger charge is 2.15. The van der Waals surface area contributed by atoms with E-state index < -0.39 is 0 Å². The summed E-state index contributed by atoms with van der Waals surface area (Å²) in [6.45, 7) is 2.20. The molecule has 5 heteroatoms. The van der Waals surface area contributed by atoms with Crippen LogP contribution in [0.2, 0.25) is 5.02 Å². The molecule has 0 saturated carbocycles. The predicted molar refractivity (Wildman–Crippen MR) is 66.2 cm³/mol. The number of nitrogens with two attached hydrogens (primary N) is 1. The van der Waals surface area contributed by atoms with E-state index in [1.807, 2.05) is 18.5 Å². The first-order chi connectivity index (χ1) is 8.04. The Morgan fingerprint density at radius 1 is 1.47 bits per heavy atom. The SMILES string of the molecule is Cc1c(-c2cc(Cl)ccc2F)nc(CN)n1C. The standard InChI is InChI=1S/C12H13ClFN3/c1-7-12(16-11(6-15)17(7)2)9-5-8(13)3-4-10(9)14/h3-5H,6,15H2,1-2H3. The summed E-state index contributed by atoms with van der Waals surface area (Å²) in [4.78, 5) is 4.34. The van der Waals surface area contributed by atoms with E-state index in [9.17, 15) is 4.39 Å². The van der Waals surface area contributed by atoms with Crippen molar-refractivity contribution in [2.75, 3.05) is 0 Å². The first-order valence-electron chi connectivity index (χ1n) is 5.22. The quantitative estimate of drug-likeness (QED) is 0.894. The maximum absolute atomic E-state index is 13.7. The van der Waals surface area contributed by atoms with E-state index in [4.69, 9.17) is 17.3 Å². The lowest BCUT2D eigenvalue weighted by molar-refractivity contribution is 0.630. The molecule has 0 amide bonds. The Kier molecular flexibility index (Phi) is 3.17. The van der Waals surface area contributed by atoms with Crippen molar-refractivity contribution < 1.29 is 4.39 Å². The molecule has 17 heavy (non-hydrogen) atoms. The predicted octanol–water partition coefficient (Wildman–Crippen LogP) is 2.65. The van der Waals surface area contributed by atoms with E-state index in [2.05, 4.69) is 4.98 Å². The number of nitrogens with zero attached hydrogens (tertiary/aromatic N) is 2. The fourth-order valence-electron chi connectivity index (χ4n) is 1.75. The summed E-state index contributed by atoms with van der Waals surface area (Å²) in [5.41, 5.74) is 7.44. The van der Waals surface area contributed by atoms with E-state index in [-0.39, 0.29) is 5.82 Å². The number of halogens is 2. The van der Waals surface area contributed by atoms with Gasteiger partial charge in [-0.15, -0.1) is 0 Å². The number of imidazole rings is 1. The van der Waals surface area contributed by atoms with Crippen LogP contribution in [-0.2, 0) is 13.6 Å². The van der Waals surface area contributed by atoms with E-state index in [1.165, 1.54) is 12.1 Å². The van der Waals surface area contributed by atoms with Crippen molar-refractivity contribution in [1.29, 1.82) is 0 Å². The third kappa shape index (κ3) is 2.06. The van der Waals surface area contributed by atoms with Gasteiger partial charge in [0.2, 0.25) is 0 Å². The van der Waals surface area contributed by atoms with Crippen LogP contribution < -0.4 is 5.73 Å². The lowest BCUT2D eigenvalue weighted by Crippen LogP contribution is -2.05. The van der Waals surface area contributed by atoms with Crippen molar-refractivity contribution in [3.05, 3.63) is 40.6 Å². The summed E-state index contributed by atoms with van der Waals surface area (Å²) in [5, 5.41) is 0.487. The van der Waals surface area contributed by atoms with Crippen molar-refractivity contribution in [2.24, 2.45) is 12.8 Å². The average Bonchev–Trinajstić information content (AvgIpc) is 2.59. The molecular formula is C12H13ClFN3. The summed E-state index contributed by atoms with van der Waals surface area (Å²) < 4.78 is 15.6. The number of aromatic nitrogens is 2. The Morgan fingerprint density at radius 2 is 2.18 bits per heavy atom. The van der Waals surface area contributed by atoms with Crippen LogP contribution in [0.5, 0.6) is 0 Å². The van der Waals surface area contributed by atoms with Gasteiger partial charge >= 0.3 is 0 Å². The van der Waals surface area contributed by atoms with Crippen LogP contribution in [0.4, 0.5) is 4.39 Å². The maximum atomic E-state index is 13.7. The van der Waals surface area contributed by atoms with E-state index in [1.54, 1.807) is 6.07 Å². The molecule has 2 rings (SSSR count). The minimum absolute atomic E-state index is 0.319. The zero-order valence-corrected chi connectivity index (χ0v) is 10.4. The summed E-state index contributed by atoms with van der Waals surface area (Å²) in [6, 6.07) is 4.43. The first-order valence-corrected chi connectivity index (χ1v) is 5.60. The Morgan fingerprint density at radius 3 is 2.76 bits per heavy atom. The van der Waals surface area contributed by atoms with Crippen LogP contribution in [0.25, 0.3) is 11.3 Å². The van der Waals surface area contributed by atoms with Gasteiger partial charge in [0.25, 0.3) is 0 Å². The van der Waals surface area contributed by atoms with Crippen molar-refractivity contribution in [3.63, 3.8) is 0 Å². The highest BCUT2D eigenvalue weighted by molar-refractivity contribution is 6.30. The van der Waals surface area contributed by atoms with Crippen LogP contribution in [0.15, 0.2) is 18.2 Å². The lowest BCUT2D eigenvalue weighted by atomic mass is 10.1. The van der Waals surface area contributed by atoms with Gasteiger partial charge in [-0.1, -0.05) is 11.6 Å². The molecule has 0 radical (unpaired) electrons. The molecule has 2 N–H and O–H groups in total. The molecule has 0 aliphatic heterocycles. The normalized spacial score (nSPS) is 10.9. The Labute approximate surface area is 104 Å². The van der Waals surface area contributed by atoms with Crippen molar-refractivity contribution in [3.8, 4) is 11.3 Å². The Balaban J connectivity index is 2.64. The maximum Gasteiger partial charge on any atom is 0.132 e. The largest absolute Gasteiger partial charge is 0.334 e. The number of hydrogen-bond acceptors (Lipinski definition) is 2. The zero-order valence-electron chi connectivity index (χ0n) is 9.67. The van der Waals surface area contributed by atoms with Gasteiger partial charge in [-0.3, -0.25) is 0 Å². The van der Waals surface area contributed by atoms with Gasteiger partial charge in [-0.25, -0.2) is 9.37 Å². The van der Waals surface area contributed by atoms with Gasteiger partial charge in [0.15, 0.2) is 0 Å². The van der Waals surface area contributed by atoms with Crippen molar-refractivity contribution >= 4 is 11.6 Å². The second-order valence-corrected chi connectivity index (χ2v) is 4.29. The molecule has 2 aromatic rings. The van der Waals surface area contributed by atoms with E-state index >= 15 is 0 Å². The smallest absolute Gasteiger partial charge is 0.132 e. The van der Waals surface area contributed by atoms with Crippen LogP contribution in [0.1, 0.15) is 11.5 Å². The molecule has 0 aliphatic carbocycles. The van der Waals surface area contributed by atoms with Gasteiger partial charge in [-0.2, -0.15) is 0 Å². The third-order valence-electron chi connectivity index (χ3n) is 2.84. The highest BCUT2D eigenvalue weighted by atomic mass is 35.5. The second-order valence-electron chi connectivity index (χ2n) is 3.85. The molecule has 1 aromatic heterocycles. The van der Waals surface area contributed by atoms with Crippen molar-refractivity contribution in [2.45, 2.75) is 13.5 Å². The molecule has 1 heterocycles. The molecule has 0 saturated heterocycles. The molecule has 90 valence electrons. The molecule has 0 fully saturated rings. The summed E-state index contributed by atoms with van der Waals surface area (Å²) in [7, 11) is 1.86. The van der Waals surface area contributed by atoms with Gasteiger partial charge in [0, 0.05) is 23.3 Å². The molecule has 0 spiro atoms. The molecule has 0 unspecified atom stereocenters. The van der Waals surface area contributed by atoms with Crippen LogP contribution in [-0.4, -0.2) is 9.55 Å². The number of benzene rings is 1. The molecular weight excluding hydrogens is 241 g/mol. The van der Waals surface area contributed by atoms with E-state index in [0.29, 0.717) is 22.8 Å². The number of hydrogen-bond donors (Lipinski definition) is 1. The van der Waals surface area contributed by atoms with Gasteiger partial charge in [0.05, 0.1) is 12.2 Å². The minimum Gasteiger partial charge on any atom is -0.334 e. The Hall–Kier alpha value is -1.39. The summed E-state index contributed by atoms with van der Waals surface area (Å²) in [5.74, 6) is 0.385. The van der Waals surface area contributed by atoms with Crippen LogP contribution >= 0.6 is 11.6 Å². The molecule has 0 atom stereocenters. The highest BCUT2D eigenvalue weighted by Crippen LogP contribution is 2.28. The van der Waals surface area contributed by atoms with Crippen LogP contribution in [0.3, 0.4) is 0 Å². The fourth-order valence-corrected chi connectivity index (χ4v) is 1.93. The monoisotopic (exact) mass is 253 g/mol. The van der Waals surface area contributed by atoms with Crippen LogP contribution in [0, 0.1) is 12.7 Å². The summed E-state index contributed by atoms with van der Waals surface area (Å²) >= 11 is 5.87. The lowest BCUT2D eigenvalue weighted by Gasteiger charge is -2.03.